The highest BCUT2D eigenvalue weighted by Crippen LogP contribution is 2.41. The summed E-state index contributed by atoms with van der Waals surface area (Å²) in [6.07, 6.45) is 0. The van der Waals surface area contributed by atoms with Crippen LogP contribution in [-0.2, 0) is 0 Å². The minimum Gasteiger partial charge on any atom is -0.456 e. The molecular weight excluding hydrogens is 576 g/mol. The first-order valence-electron chi connectivity index (χ1n) is 15.7. The van der Waals surface area contributed by atoms with Gasteiger partial charge in [0.25, 0.3) is 0 Å². The van der Waals surface area contributed by atoms with Gasteiger partial charge in [-0.1, -0.05) is 91.0 Å². The van der Waals surface area contributed by atoms with Crippen molar-refractivity contribution < 1.29 is 8.83 Å². The van der Waals surface area contributed by atoms with Crippen LogP contribution in [0.4, 0.5) is 0 Å². The van der Waals surface area contributed by atoms with Crippen molar-refractivity contribution in [1.82, 2.24) is 4.57 Å². The number of nitriles is 1. The third-order valence-electron chi connectivity index (χ3n) is 9.43. The predicted octanol–water partition coefficient (Wildman–Crippen LogP) is 11.8. The quantitative estimate of drug-likeness (QED) is 0.203. The van der Waals surface area contributed by atoms with Crippen molar-refractivity contribution >= 4 is 65.7 Å². The fourth-order valence-corrected chi connectivity index (χ4v) is 7.26. The van der Waals surface area contributed by atoms with E-state index in [-0.39, 0.29) is 0 Å². The third-order valence-corrected chi connectivity index (χ3v) is 9.43. The minimum atomic E-state index is 0.499. The van der Waals surface area contributed by atoms with Crippen LogP contribution in [-0.4, -0.2) is 4.57 Å². The molecule has 0 radical (unpaired) electrons. The summed E-state index contributed by atoms with van der Waals surface area (Å²) >= 11 is 0. The first kappa shape index (κ1) is 25.7. The fourth-order valence-electron chi connectivity index (χ4n) is 7.26. The lowest BCUT2D eigenvalue weighted by Crippen LogP contribution is -1.94. The second kappa shape index (κ2) is 9.71. The molecule has 0 atom stereocenters. The molecule has 47 heavy (non-hydrogen) atoms. The molecule has 0 bridgehead atoms. The molecule has 0 saturated heterocycles. The molecule has 0 aliphatic rings. The summed E-state index contributed by atoms with van der Waals surface area (Å²) in [5.41, 5.74) is 10.9. The molecule has 4 heteroatoms. The lowest BCUT2D eigenvalue weighted by atomic mass is 9.98. The molecule has 0 spiro atoms. The summed E-state index contributed by atoms with van der Waals surface area (Å²) in [5, 5.41) is 16.7. The second-order valence-corrected chi connectivity index (χ2v) is 12.0. The number of aromatic nitrogens is 1. The average Bonchev–Trinajstić information content (AvgIpc) is 3.80. The normalized spacial score (nSPS) is 11.8. The summed E-state index contributed by atoms with van der Waals surface area (Å²) in [5.74, 6) is 0. The number of hydrogen-bond donors (Lipinski definition) is 0. The van der Waals surface area contributed by atoms with Crippen molar-refractivity contribution in [1.29, 1.82) is 5.26 Å². The summed E-state index contributed by atoms with van der Waals surface area (Å²) in [6, 6.07) is 52.7. The predicted molar refractivity (Wildman–Crippen MR) is 191 cm³/mol. The van der Waals surface area contributed by atoms with Crippen LogP contribution in [0.25, 0.3) is 93.6 Å². The van der Waals surface area contributed by atoms with Gasteiger partial charge in [0.1, 0.15) is 17.2 Å². The Kier molecular flexibility index (Phi) is 5.32. The van der Waals surface area contributed by atoms with Crippen LogP contribution < -0.4 is 0 Å². The SMILES string of the molecule is N#Cc1cc(-c2ccc3c(c2)oc2ccccc23)cc2c1oc1c(-n3c4ccccc4c4cc(-c5ccccc5)ccc43)cccc12. The van der Waals surface area contributed by atoms with Gasteiger partial charge in [-0.15, -0.1) is 0 Å². The first-order chi connectivity index (χ1) is 23.2. The molecule has 0 aliphatic carbocycles. The van der Waals surface area contributed by atoms with Crippen LogP contribution in [0.3, 0.4) is 0 Å². The molecule has 0 N–H and O–H groups in total. The number of benzene rings is 7. The molecule has 0 saturated carbocycles. The van der Waals surface area contributed by atoms with E-state index in [0.29, 0.717) is 11.1 Å². The van der Waals surface area contributed by atoms with E-state index >= 15 is 0 Å². The van der Waals surface area contributed by atoms with Gasteiger partial charge in [0.2, 0.25) is 0 Å². The summed E-state index contributed by atoms with van der Waals surface area (Å²) in [7, 11) is 0. The third kappa shape index (κ3) is 3.75. The summed E-state index contributed by atoms with van der Waals surface area (Å²) < 4.78 is 15.1. The maximum Gasteiger partial charge on any atom is 0.159 e. The van der Waals surface area contributed by atoms with Crippen molar-refractivity contribution in [2.24, 2.45) is 0 Å². The highest BCUT2D eigenvalue weighted by molar-refractivity contribution is 6.14. The number of nitrogens with zero attached hydrogens (tertiary/aromatic N) is 2. The lowest BCUT2D eigenvalue weighted by Gasteiger charge is -2.09. The smallest absolute Gasteiger partial charge is 0.159 e. The van der Waals surface area contributed by atoms with Crippen molar-refractivity contribution in [2.75, 3.05) is 0 Å². The number of hydrogen-bond acceptors (Lipinski definition) is 3. The van der Waals surface area contributed by atoms with Crippen LogP contribution in [0.15, 0.2) is 154 Å². The van der Waals surface area contributed by atoms with E-state index in [4.69, 9.17) is 8.83 Å². The van der Waals surface area contributed by atoms with Gasteiger partial charge >= 0.3 is 0 Å². The Morgan fingerprint density at radius 2 is 1.13 bits per heavy atom. The Bertz CT molecular complexity index is 2920. The number of furan rings is 2. The zero-order valence-corrected chi connectivity index (χ0v) is 25.1. The van der Waals surface area contributed by atoms with Crippen LogP contribution in [0.1, 0.15) is 5.56 Å². The van der Waals surface area contributed by atoms with Crippen LogP contribution in [0.5, 0.6) is 0 Å². The Labute approximate surface area is 268 Å². The molecule has 4 nitrogen and oxygen atoms in total. The van der Waals surface area contributed by atoms with Gasteiger partial charge in [0.05, 0.1) is 22.3 Å². The second-order valence-electron chi connectivity index (χ2n) is 12.0. The molecule has 0 aliphatic heterocycles. The van der Waals surface area contributed by atoms with Gasteiger partial charge in [-0.25, -0.2) is 0 Å². The fraction of sp³-hybridized carbons (Fsp3) is 0. The topological polar surface area (TPSA) is 55.0 Å². The minimum absolute atomic E-state index is 0.499. The highest BCUT2D eigenvalue weighted by atomic mass is 16.3. The Hall–Kier alpha value is -6.57. The van der Waals surface area contributed by atoms with Gasteiger partial charge < -0.3 is 13.4 Å². The Morgan fingerprint density at radius 3 is 2.02 bits per heavy atom. The highest BCUT2D eigenvalue weighted by Gasteiger charge is 2.20. The monoisotopic (exact) mass is 600 g/mol. The van der Waals surface area contributed by atoms with Gasteiger partial charge in [0, 0.05) is 32.3 Å². The number of fused-ring (bicyclic) bond motifs is 9. The van der Waals surface area contributed by atoms with E-state index in [2.05, 4.69) is 126 Å². The summed E-state index contributed by atoms with van der Waals surface area (Å²) in [4.78, 5) is 0. The standard InChI is InChI=1S/C43H24N2O2/c44-25-30-21-29(28-17-19-33-32-12-5-7-16-40(32)46-41(33)24-28)23-36-34-13-8-15-39(43(34)47-42(30)36)45-37-14-6-4-11-31(37)35-22-27(18-20-38(35)45)26-9-2-1-3-10-26/h1-24H. The zero-order chi connectivity index (χ0) is 31.1. The molecule has 218 valence electrons. The molecule has 7 aromatic carbocycles. The first-order valence-corrected chi connectivity index (χ1v) is 15.7. The maximum absolute atomic E-state index is 10.3. The molecular formula is C43H24N2O2. The largest absolute Gasteiger partial charge is 0.456 e. The van der Waals surface area contributed by atoms with Gasteiger partial charge in [-0.05, 0) is 76.9 Å². The van der Waals surface area contributed by atoms with Gasteiger partial charge in [0.15, 0.2) is 11.2 Å². The van der Waals surface area contributed by atoms with Gasteiger partial charge in [-0.2, -0.15) is 5.26 Å². The van der Waals surface area contributed by atoms with Crippen molar-refractivity contribution in [3.63, 3.8) is 0 Å². The summed E-state index contributed by atoms with van der Waals surface area (Å²) in [6.45, 7) is 0. The molecule has 0 amide bonds. The van der Waals surface area contributed by atoms with E-state index in [1.165, 1.54) is 21.9 Å². The van der Waals surface area contributed by atoms with Crippen LogP contribution in [0, 0.1) is 11.3 Å². The Morgan fingerprint density at radius 1 is 0.426 bits per heavy atom. The van der Waals surface area contributed by atoms with Crippen molar-refractivity contribution in [3.8, 4) is 34.0 Å². The maximum atomic E-state index is 10.3. The average molecular weight is 601 g/mol. The molecule has 3 aromatic heterocycles. The molecule has 3 heterocycles. The van der Waals surface area contributed by atoms with Gasteiger partial charge in [-0.3, -0.25) is 0 Å². The molecule has 10 rings (SSSR count). The van der Waals surface area contributed by atoms with E-state index < -0.39 is 0 Å². The van der Waals surface area contributed by atoms with E-state index in [0.717, 1.165) is 66.1 Å². The zero-order valence-electron chi connectivity index (χ0n) is 25.1. The molecule has 10 aromatic rings. The van der Waals surface area contributed by atoms with Crippen LogP contribution in [0.2, 0.25) is 0 Å². The van der Waals surface area contributed by atoms with E-state index in [9.17, 15) is 5.26 Å². The van der Waals surface area contributed by atoms with E-state index in [1.54, 1.807) is 0 Å². The van der Waals surface area contributed by atoms with E-state index in [1.807, 2.05) is 30.3 Å². The van der Waals surface area contributed by atoms with Crippen LogP contribution >= 0.6 is 0 Å². The van der Waals surface area contributed by atoms with Crippen molar-refractivity contribution in [3.05, 3.63) is 151 Å². The Balaban J connectivity index is 1.20. The number of rotatable bonds is 3. The van der Waals surface area contributed by atoms with Crippen molar-refractivity contribution in [2.45, 2.75) is 0 Å². The molecule has 0 fully saturated rings. The lowest BCUT2D eigenvalue weighted by molar-refractivity contribution is 0.665. The molecule has 0 unspecified atom stereocenters. The number of para-hydroxylation sites is 3.